The summed E-state index contributed by atoms with van der Waals surface area (Å²) in [6.45, 7) is 0.354. The molecule has 2 aromatic carbocycles. The summed E-state index contributed by atoms with van der Waals surface area (Å²) in [5, 5.41) is 0. The number of ether oxygens (including phenoxy) is 1. The average molecular weight is 293 g/mol. The number of halogens is 2. The smallest absolute Gasteiger partial charge is 0.274 e. The molecule has 0 spiro atoms. The highest BCUT2D eigenvalue weighted by atomic mass is 19.2. The van der Waals surface area contributed by atoms with Gasteiger partial charge in [0.25, 0.3) is 5.91 Å². The number of carbonyl (C=O) groups excluding carboxylic acids is 1. The molecule has 21 heavy (non-hydrogen) atoms. The van der Waals surface area contributed by atoms with Crippen molar-refractivity contribution in [1.29, 1.82) is 0 Å². The molecule has 6 heteroatoms. The van der Waals surface area contributed by atoms with Crippen LogP contribution in [0.25, 0.3) is 0 Å². The second-order valence-electron chi connectivity index (χ2n) is 4.07. The first-order valence-electron chi connectivity index (χ1n) is 6.22. The molecule has 0 saturated carbocycles. The Morgan fingerprint density at radius 3 is 2.48 bits per heavy atom. The van der Waals surface area contributed by atoms with Gasteiger partial charge in [0.05, 0.1) is 0 Å². The molecule has 0 heterocycles. The highest BCUT2D eigenvalue weighted by Crippen LogP contribution is 2.09. The van der Waals surface area contributed by atoms with Gasteiger partial charge in [-0.15, -0.1) is 0 Å². The number of hydrogen-bond acceptors (Lipinski definition) is 3. The summed E-state index contributed by atoms with van der Waals surface area (Å²) in [6, 6.07) is 12.0. The number of para-hydroxylation sites is 1. The summed E-state index contributed by atoms with van der Waals surface area (Å²) in [6.07, 6.45) is 0. The molecular weight excluding hydrogens is 280 g/mol. The Labute approximate surface area is 120 Å². The van der Waals surface area contributed by atoms with Gasteiger partial charge in [-0.05, 0) is 30.3 Å². The number of nitrogens with one attached hydrogen (secondary N) is 1. The number of hydrogen-bond donors (Lipinski definition) is 1. The summed E-state index contributed by atoms with van der Waals surface area (Å²) in [5.41, 5.74) is 2.09. The summed E-state index contributed by atoms with van der Waals surface area (Å²) < 4.78 is 31.0. The van der Waals surface area contributed by atoms with E-state index in [-0.39, 0.29) is 18.8 Å². The fourth-order valence-corrected chi connectivity index (χ4v) is 1.53. The standard InChI is InChI=1S/C15H13F2NO3/c16-13-7-6-11(10-14(13)17)15(19)18-21-9-8-20-12-4-2-1-3-5-12/h1-7,10H,8-9H2,(H,18,19). The largest absolute Gasteiger partial charge is 0.491 e. The van der Waals surface area contributed by atoms with Crippen molar-refractivity contribution in [3.63, 3.8) is 0 Å². The first-order chi connectivity index (χ1) is 10.2. The molecule has 2 aromatic rings. The molecule has 4 nitrogen and oxygen atoms in total. The topological polar surface area (TPSA) is 47.6 Å². The lowest BCUT2D eigenvalue weighted by molar-refractivity contribution is 0.0200. The molecule has 2 rings (SSSR count). The SMILES string of the molecule is O=C(NOCCOc1ccccc1)c1ccc(F)c(F)c1. The third kappa shape index (κ3) is 4.54. The van der Waals surface area contributed by atoms with Gasteiger partial charge in [-0.2, -0.15) is 0 Å². The van der Waals surface area contributed by atoms with E-state index in [1.165, 1.54) is 0 Å². The van der Waals surface area contributed by atoms with Crippen LogP contribution in [0.3, 0.4) is 0 Å². The molecule has 110 valence electrons. The molecule has 0 aliphatic heterocycles. The molecule has 1 N–H and O–H groups in total. The van der Waals surface area contributed by atoms with Crippen LogP contribution in [0.15, 0.2) is 48.5 Å². The van der Waals surface area contributed by atoms with Crippen LogP contribution in [0.4, 0.5) is 8.78 Å². The Balaban J connectivity index is 1.71. The Bertz CT molecular complexity index is 605. The Morgan fingerprint density at radius 1 is 1.00 bits per heavy atom. The van der Waals surface area contributed by atoms with Gasteiger partial charge in [0.2, 0.25) is 0 Å². The van der Waals surface area contributed by atoms with Gasteiger partial charge in [-0.3, -0.25) is 9.63 Å². The Hall–Kier alpha value is -2.47. The molecule has 0 bridgehead atoms. The van der Waals surface area contributed by atoms with E-state index in [0.717, 1.165) is 18.2 Å². The number of hydroxylamine groups is 1. The monoisotopic (exact) mass is 293 g/mol. The number of benzene rings is 2. The number of carbonyl (C=O) groups is 1. The lowest BCUT2D eigenvalue weighted by atomic mass is 10.2. The summed E-state index contributed by atoms with van der Waals surface area (Å²) >= 11 is 0. The highest BCUT2D eigenvalue weighted by molar-refractivity contribution is 5.93. The highest BCUT2D eigenvalue weighted by Gasteiger charge is 2.09. The van der Waals surface area contributed by atoms with Crippen LogP contribution in [0.5, 0.6) is 5.75 Å². The van der Waals surface area contributed by atoms with E-state index < -0.39 is 17.5 Å². The van der Waals surface area contributed by atoms with Crippen molar-refractivity contribution in [2.45, 2.75) is 0 Å². The minimum absolute atomic E-state index is 0.0297. The predicted molar refractivity (Wildman–Crippen MR) is 71.7 cm³/mol. The summed E-state index contributed by atoms with van der Waals surface area (Å²) in [4.78, 5) is 16.5. The van der Waals surface area contributed by atoms with E-state index in [1.807, 2.05) is 18.2 Å². The van der Waals surface area contributed by atoms with E-state index in [0.29, 0.717) is 5.75 Å². The second-order valence-corrected chi connectivity index (χ2v) is 4.07. The lowest BCUT2D eigenvalue weighted by Gasteiger charge is -2.08. The van der Waals surface area contributed by atoms with E-state index in [4.69, 9.17) is 9.57 Å². The van der Waals surface area contributed by atoms with Gasteiger partial charge in [0.1, 0.15) is 19.0 Å². The fraction of sp³-hybridized carbons (Fsp3) is 0.133. The maximum atomic E-state index is 13.0. The molecule has 0 saturated heterocycles. The van der Waals surface area contributed by atoms with Gasteiger partial charge < -0.3 is 4.74 Å². The maximum absolute atomic E-state index is 13.0. The van der Waals surface area contributed by atoms with Crippen molar-refractivity contribution >= 4 is 5.91 Å². The van der Waals surface area contributed by atoms with Crippen LogP contribution >= 0.6 is 0 Å². The molecule has 0 radical (unpaired) electrons. The van der Waals surface area contributed by atoms with Crippen LogP contribution in [0, 0.1) is 11.6 Å². The van der Waals surface area contributed by atoms with E-state index >= 15 is 0 Å². The molecule has 0 aromatic heterocycles. The van der Waals surface area contributed by atoms with Crippen LogP contribution in [0.1, 0.15) is 10.4 Å². The molecule has 0 unspecified atom stereocenters. The van der Waals surface area contributed by atoms with Crippen molar-refractivity contribution in [1.82, 2.24) is 5.48 Å². The van der Waals surface area contributed by atoms with Crippen LogP contribution in [0.2, 0.25) is 0 Å². The zero-order valence-electron chi connectivity index (χ0n) is 11.0. The zero-order chi connectivity index (χ0) is 15.1. The van der Waals surface area contributed by atoms with Crippen LogP contribution in [-0.2, 0) is 4.84 Å². The van der Waals surface area contributed by atoms with Crippen LogP contribution < -0.4 is 10.2 Å². The molecule has 0 fully saturated rings. The first kappa shape index (κ1) is 14.9. The van der Waals surface area contributed by atoms with E-state index in [1.54, 1.807) is 12.1 Å². The van der Waals surface area contributed by atoms with Gasteiger partial charge in [0, 0.05) is 5.56 Å². The Kier molecular flexibility index (Phi) is 5.22. The third-order valence-electron chi connectivity index (χ3n) is 2.54. The minimum atomic E-state index is -1.09. The quantitative estimate of drug-likeness (QED) is 0.658. The molecule has 0 atom stereocenters. The van der Waals surface area contributed by atoms with Gasteiger partial charge in [0.15, 0.2) is 11.6 Å². The first-order valence-corrected chi connectivity index (χ1v) is 6.22. The molecule has 0 aliphatic rings. The summed E-state index contributed by atoms with van der Waals surface area (Å²) in [7, 11) is 0. The van der Waals surface area contributed by atoms with Crippen molar-refractivity contribution < 1.29 is 23.1 Å². The number of amides is 1. The molecular formula is C15H13F2NO3. The zero-order valence-corrected chi connectivity index (χ0v) is 11.0. The third-order valence-corrected chi connectivity index (χ3v) is 2.54. The lowest BCUT2D eigenvalue weighted by Crippen LogP contribution is -2.26. The molecule has 0 aliphatic carbocycles. The normalized spacial score (nSPS) is 10.2. The van der Waals surface area contributed by atoms with Crippen molar-refractivity contribution in [2.24, 2.45) is 0 Å². The van der Waals surface area contributed by atoms with E-state index in [9.17, 15) is 13.6 Å². The predicted octanol–water partition coefficient (Wildman–Crippen LogP) is 2.71. The summed E-state index contributed by atoms with van der Waals surface area (Å²) in [5.74, 6) is -2.07. The Morgan fingerprint density at radius 2 is 1.76 bits per heavy atom. The van der Waals surface area contributed by atoms with Crippen molar-refractivity contribution in [2.75, 3.05) is 13.2 Å². The fourth-order valence-electron chi connectivity index (χ4n) is 1.53. The maximum Gasteiger partial charge on any atom is 0.274 e. The second kappa shape index (κ2) is 7.35. The van der Waals surface area contributed by atoms with Gasteiger partial charge in [-0.25, -0.2) is 14.3 Å². The van der Waals surface area contributed by atoms with Gasteiger partial charge >= 0.3 is 0 Å². The van der Waals surface area contributed by atoms with Crippen LogP contribution in [-0.4, -0.2) is 19.1 Å². The van der Waals surface area contributed by atoms with Gasteiger partial charge in [-0.1, -0.05) is 18.2 Å². The van der Waals surface area contributed by atoms with E-state index in [2.05, 4.69) is 5.48 Å². The van der Waals surface area contributed by atoms with Crippen molar-refractivity contribution in [3.8, 4) is 5.75 Å². The number of rotatable bonds is 6. The minimum Gasteiger partial charge on any atom is -0.491 e. The van der Waals surface area contributed by atoms with Crippen molar-refractivity contribution in [3.05, 3.63) is 65.7 Å². The molecule has 1 amide bonds. The average Bonchev–Trinajstić information content (AvgIpc) is 2.50.